The molecule has 0 aromatic heterocycles. The van der Waals surface area contributed by atoms with Crippen LogP contribution < -0.4 is 10.1 Å². The number of carbonyl (C=O) groups is 1. The SMILES string of the molecule is Cc1cc(CC(C)(C)NC(=O)OC(C)(C)C)cc(C)c1OCC1([P+](=O)O)CCCCC1. The highest BCUT2D eigenvalue weighted by atomic mass is 31.1. The quantitative estimate of drug-likeness (QED) is 0.498. The van der Waals surface area contributed by atoms with Crippen LogP contribution in [0.25, 0.3) is 0 Å². The van der Waals surface area contributed by atoms with Gasteiger partial charge in [0, 0.05) is 18.4 Å². The van der Waals surface area contributed by atoms with Crippen LogP contribution in [0.2, 0.25) is 0 Å². The van der Waals surface area contributed by atoms with Gasteiger partial charge in [-0.2, -0.15) is 4.89 Å². The maximum Gasteiger partial charge on any atom is 0.515 e. The smallest absolute Gasteiger partial charge is 0.488 e. The van der Waals surface area contributed by atoms with E-state index in [2.05, 4.69) is 17.4 Å². The number of carbonyl (C=O) groups excluding carboxylic acids is 1. The Balaban J connectivity index is 2.09. The Hall–Kier alpha value is -1.65. The molecule has 0 heterocycles. The van der Waals surface area contributed by atoms with Crippen LogP contribution in [0.5, 0.6) is 5.75 Å². The second-order valence-corrected chi connectivity index (χ2v) is 12.1. The Labute approximate surface area is 188 Å². The van der Waals surface area contributed by atoms with Crippen LogP contribution in [-0.4, -0.2) is 33.9 Å². The molecule has 1 atom stereocenters. The van der Waals surface area contributed by atoms with Gasteiger partial charge in [0.05, 0.1) is 0 Å². The monoisotopic (exact) mass is 452 g/mol. The number of hydrogen-bond acceptors (Lipinski definition) is 4. The van der Waals surface area contributed by atoms with Gasteiger partial charge >= 0.3 is 14.1 Å². The first kappa shape index (κ1) is 25.6. The van der Waals surface area contributed by atoms with Gasteiger partial charge in [0.1, 0.15) is 18.0 Å². The first-order valence-corrected chi connectivity index (χ1v) is 12.3. The van der Waals surface area contributed by atoms with Gasteiger partial charge in [0.25, 0.3) is 0 Å². The number of aryl methyl sites for hydroxylation is 2. The van der Waals surface area contributed by atoms with Crippen LogP contribution in [0.15, 0.2) is 12.1 Å². The van der Waals surface area contributed by atoms with Crippen molar-refractivity contribution in [2.45, 2.75) is 103 Å². The van der Waals surface area contributed by atoms with Crippen LogP contribution in [0, 0.1) is 13.8 Å². The Kier molecular flexibility index (Phi) is 8.15. The van der Waals surface area contributed by atoms with E-state index >= 15 is 0 Å². The summed E-state index contributed by atoms with van der Waals surface area (Å²) in [6.45, 7) is 13.7. The third-order valence-electron chi connectivity index (χ3n) is 5.68. The van der Waals surface area contributed by atoms with E-state index in [0.717, 1.165) is 54.5 Å². The van der Waals surface area contributed by atoms with Crippen molar-refractivity contribution in [3.05, 3.63) is 28.8 Å². The van der Waals surface area contributed by atoms with Gasteiger partial charge in [-0.1, -0.05) is 18.6 Å². The van der Waals surface area contributed by atoms with Crippen molar-refractivity contribution in [1.82, 2.24) is 5.32 Å². The maximum atomic E-state index is 12.2. The van der Waals surface area contributed by atoms with Gasteiger partial charge in [-0.05, 0) is 89.0 Å². The van der Waals surface area contributed by atoms with E-state index in [4.69, 9.17) is 9.47 Å². The molecule has 0 aliphatic heterocycles. The Morgan fingerprint density at radius 3 is 2.13 bits per heavy atom. The summed E-state index contributed by atoms with van der Waals surface area (Å²) in [5, 5.41) is 2.31. The summed E-state index contributed by atoms with van der Waals surface area (Å²) in [5.41, 5.74) is 2.04. The molecule has 1 aromatic carbocycles. The highest BCUT2D eigenvalue weighted by Gasteiger charge is 2.50. The summed E-state index contributed by atoms with van der Waals surface area (Å²) in [7, 11) is -2.29. The van der Waals surface area contributed by atoms with Crippen molar-refractivity contribution in [2.24, 2.45) is 0 Å². The highest BCUT2D eigenvalue weighted by Crippen LogP contribution is 2.47. The minimum Gasteiger partial charge on any atom is -0.488 e. The average molecular weight is 453 g/mol. The molecule has 1 aliphatic rings. The summed E-state index contributed by atoms with van der Waals surface area (Å²) in [6, 6.07) is 4.13. The van der Waals surface area contributed by atoms with Crippen LogP contribution in [0.1, 0.15) is 83.4 Å². The number of ether oxygens (including phenoxy) is 2. The Bertz CT molecular complexity index is 784. The predicted molar refractivity (Wildman–Crippen MR) is 124 cm³/mol. The van der Waals surface area contributed by atoms with Crippen molar-refractivity contribution in [1.29, 1.82) is 0 Å². The molecular formula is C24H39NO5P+. The van der Waals surface area contributed by atoms with Gasteiger partial charge in [-0.25, -0.2) is 4.79 Å². The fourth-order valence-corrected chi connectivity index (χ4v) is 5.19. The lowest BCUT2D eigenvalue weighted by molar-refractivity contribution is 0.0472. The Morgan fingerprint density at radius 1 is 1.10 bits per heavy atom. The summed E-state index contributed by atoms with van der Waals surface area (Å²) in [4.78, 5) is 22.1. The molecule has 1 aliphatic carbocycles. The van der Waals surface area contributed by atoms with E-state index in [1.165, 1.54) is 0 Å². The normalized spacial score (nSPS) is 17.1. The van der Waals surface area contributed by atoms with Crippen LogP contribution in [-0.2, 0) is 15.7 Å². The fraction of sp³-hybridized carbons (Fsp3) is 0.708. The molecule has 2 rings (SSSR count). The van der Waals surface area contributed by atoms with E-state index in [-0.39, 0.29) is 6.61 Å². The summed E-state index contributed by atoms with van der Waals surface area (Å²) >= 11 is 0. The lowest BCUT2D eigenvalue weighted by Crippen LogP contribution is -2.47. The topological polar surface area (TPSA) is 84.9 Å². The number of benzene rings is 1. The lowest BCUT2D eigenvalue weighted by Gasteiger charge is -2.29. The number of nitrogens with one attached hydrogen (secondary N) is 1. The van der Waals surface area contributed by atoms with Gasteiger partial charge in [-0.3, -0.25) is 0 Å². The minimum atomic E-state index is -2.29. The molecular weight excluding hydrogens is 413 g/mol. The molecule has 2 N–H and O–H groups in total. The van der Waals surface area contributed by atoms with E-state index in [1.54, 1.807) is 0 Å². The number of rotatable bonds is 7. The minimum absolute atomic E-state index is 0.269. The van der Waals surface area contributed by atoms with Crippen molar-refractivity contribution < 1.29 is 23.7 Å². The van der Waals surface area contributed by atoms with Crippen LogP contribution in [0.4, 0.5) is 4.79 Å². The lowest BCUT2D eigenvalue weighted by atomic mass is 9.89. The van der Waals surface area contributed by atoms with E-state index in [1.807, 2.05) is 48.5 Å². The molecule has 1 saturated carbocycles. The summed E-state index contributed by atoms with van der Waals surface area (Å²) < 4.78 is 23.6. The molecule has 7 heteroatoms. The number of alkyl carbamates (subject to hydrolysis) is 1. The van der Waals surface area contributed by atoms with E-state index in [0.29, 0.717) is 6.42 Å². The highest BCUT2D eigenvalue weighted by molar-refractivity contribution is 7.40. The molecule has 0 bridgehead atoms. The molecule has 6 nitrogen and oxygen atoms in total. The molecule has 31 heavy (non-hydrogen) atoms. The maximum absolute atomic E-state index is 12.2. The predicted octanol–water partition coefficient (Wildman–Crippen LogP) is 5.97. The largest absolute Gasteiger partial charge is 0.515 e. The number of amides is 1. The third-order valence-corrected chi connectivity index (χ3v) is 7.07. The second kappa shape index (κ2) is 9.87. The molecule has 174 valence electrons. The summed E-state index contributed by atoms with van der Waals surface area (Å²) in [5.74, 6) is 0.781. The molecule has 0 radical (unpaired) electrons. The van der Waals surface area contributed by atoms with E-state index in [9.17, 15) is 14.3 Å². The molecule has 0 spiro atoms. The first-order chi connectivity index (χ1) is 14.2. The van der Waals surface area contributed by atoms with Crippen LogP contribution in [0.3, 0.4) is 0 Å². The van der Waals surface area contributed by atoms with Crippen molar-refractivity contribution in [3.63, 3.8) is 0 Å². The zero-order valence-electron chi connectivity index (χ0n) is 20.1. The first-order valence-electron chi connectivity index (χ1n) is 11.1. The van der Waals surface area contributed by atoms with Gasteiger partial charge in [-0.15, -0.1) is 0 Å². The Morgan fingerprint density at radius 2 is 1.65 bits per heavy atom. The van der Waals surface area contributed by atoms with Crippen molar-refractivity contribution >= 4 is 14.1 Å². The van der Waals surface area contributed by atoms with Gasteiger partial charge in [0.2, 0.25) is 5.16 Å². The zero-order valence-corrected chi connectivity index (χ0v) is 21.0. The molecule has 1 fully saturated rings. The number of hydrogen-bond donors (Lipinski definition) is 2. The average Bonchev–Trinajstić information content (AvgIpc) is 2.58. The van der Waals surface area contributed by atoms with E-state index < -0.39 is 30.4 Å². The van der Waals surface area contributed by atoms with Crippen molar-refractivity contribution in [3.8, 4) is 5.75 Å². The zero-order chi connectivity index (χ0) is 23.4. The molecule has 1 unspecified atom stereocenters. The molecule has 1 aromatic rings. The second-order valence-electron chi connectivity index (χ2n) is 10.6. The van der Waals surface area contributed by atoms with Gasteiger partial charge in [0.15, 0.2) is 0 Å². The standard InChI is InChI=1S/C24H38NO5P/c1-17-13-19(15-23(6,7)25-21(26)30-22(3,4)5)14-18(2)20(17)29-16-24(31(27)28)11-9-8-10-12-24/h13-14H,8-12,15-16H2,1-7H3,(H-,25,26,27,28)/p+1. The van der Waals surface area contributed by atoms with Crippen molar-refractivity contribution in [2.75, 3.05) is 6.61 Å². The fourth-order valence-electron chi connectivity index (χ4n) is 4.31. The third kappa shape index (κ3) is 7.47. The molecule has 0 saturated heterocycles. The molecule has 1 amide bonds. The summed E-state index contributed by atoms with van der Waals surface area (Å²) in [6.07, 6.45) is 4.75. The van der Waals surface area contributed by atoms with Crippen LogP contribution >= 0.6 is 8.03 Å². The van der Waals surface area contributed by atoms with Gasteiger partial charge < -0.3 is 14.8 Å².